The highest BCUT2D eigenvalue weighted by molar-refractivity contribution is 6.14. The first kappa shape index (κ1) is 13.6. The summed E-state index contributed by atoms with van der Waals surface area (Å²) in [6.07, 6.45) is 0.616. The number of rotatable bonds is 5. The van der Waals surface area contributed by atoms with Gasteiger partial charge in [0.15, 0.2) is 5.78 Å². The molecule has 0 N–H and O–H groups in total. The number of benzene rings is 2. The monoisotopic (exact) mass is 280 g/mol. The molecule has 21 heavy (non-hydrogen) atoms. The third kappa shape index (κ3) is 3.19. The summed E-state index contributed by atoms with van der Waals surface area (Å²) in [5, 5.41) is 0. The molecule has 1 saturated carbocycles. The maximum Gasteiger partial charge on any atom is 0.317 e. The Labute approximate surface area is 123 Å². The van der Waals surface area contributed by atoms with Crippen molar-refractivity contribution in [2.24, 2.45) is 11.8 Å². The molecule has 0 heterocycles. The molecule has 0 aliphatic heterocycles. The standard InChI is InChI=1S/C18H16O3/c19-17-15(11-13-7-3-1-4-8-13)16(17)18(20)21-12-14-9-5-2-6-10-14/h1-10,15-16H,11-12H2. The van der Waals surface area contributed by atoms with Gasteiger partial charge < -0.3 is 4.74 Å². The van der Waals surface area contributed by atoms with Crippen LogP contribution in [0, 0.1) is 11.8 Å². The Bertz CT molecular complexity index is 634. The van der Waals surface area contributed by atoms with Crippen molar-refractivity contribution in [1.82, 2.24) is 0 Å². The van der Waals surface area contributed by atoms with Crippen LogP contribution in [0.3, 0.4) is 0 Å². The van der Waals surface area contributed by atoms with Gasteiger partial charge in [-0.25, -0.2) is 0 Å². The summed E-state index contributed by atoms with van der Waals surface area (Å²) in [4.78, 5) is 23.7. The van der Waals surface area contributed by atoms with E-state index in [0.717, 1.165) is 11.1 Å². The molecule has 3 nitrogen and oxygen atoms in total. The molecule has 1 aliphatic rings. The van der Waals surface area contributed by atoms with E-state index in [1.165, 1.54) is 0 Å². The second kappa shape index (κ2) is 5.92. The van der Waals surface area contributed by atoms with Crippen LogP contribution in [0.5, 0.6) is 0 Å². The lowest BCUT2D eigenvalue weighted by Gasteiger charge is -2.03. The minimum atomic E-state index is -0.575. The summed E-state index contributed by atoms with van der Waals surface area (Å²) in [6, 6.07) is 19.2. The predicted molar refractivity (Wildman–Crippen MR) is 78.4 cm³/mol. The molecular weight excluding hydrogens is 264 g/mol. The van der Waals surface area contributed by atoms with E-state index in [2.05, 4.69) is 0 Å². The highest BCUT2D eigenvalue weighted by Crippen LogP contribution is 2.37. The second-order valence-corrected chi connectivity index (χ2v) is 5.27. The van der Waals surface area contributed by atoms with Crippen LogP contribution >= 0.6 is 0 Å². The van der Waals surface area contributed by atoms with Gasteiger partial charge in [-0.1, -0.05) is 60.7 Å². The summed E-state index contributed by atoms with van der Waals surface area (Å²) in [5.41, 5.74) is 2.01. The van der Waals surface area contributed by atoms with Crippen molar-refractivity contribution >= 4 is 11.8 Å². The van der Waals surface area contributed by atoms with Crippen molar-refractivity contribution < 1.29 is 14.3 Å². The maximum absolute atomic E-state index is 11.9. The zero-order valence-electron chi connectivity index (χ0n) is 11.6. The Kier molecular flexibility index (Phi) is 3.82. The molecule has 2 aromatic carbocycles. The highest BCUT2D eigenvalue weighted by Gasteiger charge is 2.54. The molecule has 0 aromatic heterocycles. The lowest BCUT2D eigenvalue weighted by Crippen LogP contribution is -2.09. The Morgan fingerprint density at radius 1 is 0.905 bits per heavy atom. The van der Waals surface area contributed by atoms with Crippen molar-refractivity contribution in [2.75, 3.05) is 0 Å². The molecule has 1 fully saturated rings. The second-order valence-electron chi connectivity index (χ2n) is 5.27. The van der Waals surface area contributed by atoms with Crippen molar-refractivity contribution in [1.29, 1.82) is 0 Å². The van der Waals surface area contributed by atoms with Gasteiger partial charge >= 0.3 is 5.97 Å². The largest absolute Gasteiger partial charge is 0.460 e. The molecule has 1 aliphatic carbocycles. The first-order valence-corrected chi connectivity index (χ1v) is 7.04. The van der Waals surface area contributed by atoms with E-state index in [9.17, 15) is 9.59 Å². The van der Waals surface area contributed by atoms with Gasteiger partial charge in [0.25, 0.3) is 0 Å². The van der Waals surface area contributed by atoms with Crippen LogP contribution < -0.4 is 0 Å². The Hall–Kier alpha value is -2.42. The summed E-state index contributed by atoms with van der Waals surface area (Å²) in [5.74, 6) is -1.19. The Balaban J connectivity index is 1.53. The number of esters is 1. The van der Waals surface area contributed by atoms with Crippen molar-refractivity contribution in [3.05, 3.63) is 71.8 Å². The predicted octanol–water partition coefficient (Wildman–Crippen LogP) is 2.79. The van der Waals surface area contributed by atoms with Crippen LogP contribution in [0.4, 0.5) is 0 Å². The molecule has 2 aromatic rings. The number of carbonyl (C=O) groups is 2. The molecule has 0 radical (unpaired) electrons. The molecular formula is C18H16O3. The minimum absolute atomic E-state index is 0.00286. The van der Waals surface area contributed by atoms with E-state index in [0.29, 0.717) is 6.42 Å². The van der Waals surface area contributed by atoms with Crippen molar-refractivity contribution in [2.45, 2.75) is 13.0 Å². The van der Waals surface area contributed by atoms with E-state index in [1.54, 1.807) is 0 Å². The average Bonchev–Trinajstić information content (AvgIpc) is 3.16. The summed E-state index contributed by atoms with van der Waals surface area (Å²) >= 11 is 0. The zero-order chi connectivity index (χ0) is 14.7. The molecule has 3 rings (SSSR count). The molecule has 0 bridgehead atoms. The van der Waals surface area contributed by atoms with E-state index < -0.39 is 11.9 Å². The van der Waals surface area contributed by atoms with Crippen LogP contribution in [-0.4, -0.2) is 11.8 Å². The van der Waals surface area contributed by atoms with Gasteiger partial charge in [-0.15, -0.1) is 0 Å². The Morgan fingerprint density at radius 2 is 1.48 bits per heavy atom. The first-order valence-electron chi connectivity index (χ1n) is 7.04. The van der Waals surface area contributed by atoms with Crippen LogP contribution in [-0.2, 0) is 27.4 Å². The third-order valence-corrected chi connectivity index (χ3v) is 3.74. The van der Waals surface area contributed by atoms with Gasteiger partial charge in [0.2, 0.25) is 0 Å². The van der Waals surface area contributed by atoms with E-state index >= 15 is 0 Å². The minimum Gasteiger partial charge on any atom is -0.460 e. The third-order valence-electron chi connectivity index (χ3n) is 3.74. The topological polar surface area (TPSA) is 43.4 Å². The normalized spacial score (nSPS) is 20.1. The number of hydrogen-bond acceptors (Lipinski definition) is 3. The fraction of sp³-hybridized carbons (Fsp3) is 0.222. The van der Waals surface area contributed by atoms with E-state index in [1.807, 2.05) is 60.7 Å². The summed E-state index contributed by atoms with van der Waals surface area (Å²) in [6.45, 7) is 0.224. The van der Waals surface area contributed by atoms with Gasteiger partial charge in [0.05, 0.1) is 0 Å². The van der Waals surface area contributed by atoms with Crippen LogP contribution in [0.25, 0.3) is 0 Å². The number of Topliss-reactive ketones (excluding diaryl/α,β-unsaturated/α-hetero) is 1. The number of carbonyl (C=O) groups excluding carboxylic acids is 2. The van der Waals surface area contributed by atoms with Crippen LogP contribution in [0.15, 0.2) is 60.7 Å². The Morgan fingerprint density at radius 3 is 2.10 bits per heavy atom. The van der Waals surface area contributed by atoms with Crippen molar-refractivity contribution in [3.63, 3.8) is 0 Å². The fourth-order valence-corrected chi connectivity index (χ4v) is 2.48. The van der Waals surface area contributed by atoms with Gasteiger partial charge in [0, 0.05) is 5.92 Å². The lowest BCUT2D eigenvalue weighted by molar-refractivity contribution is -0.147. The summed E-state index contributed by atoms with van der Waals surface area (Å²) in [7, 11) is 0. The molecule has 3 heteroatoms. The molecule has 2 atom stereocenters. The molecule has 0 saturated heterocycles. The van der Waals surface area contributed by atoms with E-state index in [4.69, 9.17) is 4.74 Å². The van der Waals surface area contributed by atoms with Gasteiger partial charge in [0.1, 0.15) is 12.5 Å². The van der Waals surface area contributed by atoms with Crippen LogP contribution in [0.2, 0.25) is 0 Å². The lowest BCUT2D eigenvalue weighted by atomic mass is 10.1. The van der Waals surface area contributed by atoms with Crippen molar-refractivity contribution in [3.8, 4) is 0 Å². The van der Waals surface area contributed by atoms with Crippen LogP contribution in [0.1, 0.15) is 11.1 Å². The molecule has 106 valence electrons. The SMILES string of the molecule is O=C(OCc1ccccc1)C1C(=O)C1Cc1ccccc1. The quantitative estimate of drug-likeness (QED) is 0.625. The number of hydrogen-bond donors (Lipinski definition) is 0. The average molecular weight is 280 g/mol. The molecule has 0 spiro atoms. The van der Waals surface area contributed by atoms with Gasteiger partial charge in [-0.3, -0.25) is 9.59 Å². The fourth-order valence-electron chi connectivity index (χ4n) is 2.48. The number of ketones is 1. The molecule has 2 unspecified atom stereocenters. The first-order chi connectivity index (χ1) is 10.3. The zero-order valence-corrected chi connectivity index (χ0v) is 11.6. The molecule has 0 amide bonds. The highest BCUT2D eigenvalue weighted by atomic mass is 16.5. The number of ether oxygens (including phenoxy) is 1. The van der Waals surface area contributed by atoms with Gasteiger partial charge in [-0.2, -0.15) is 0 Å². The summed E-state index contributed by atoms with van der Waals surface area (Å²) < 4.78 is 5.23. The smallest absolute Gasteiger partial charge is 0.317 e. The maximum atomic E-state index is 11.9. The van der Waals surface area contributed by atoms with Gasteiger partial charge in [-0.05, 0) is 17.5 Å². The van der Waals surface area contributed by atoms with E-state index in [-0.39, 0.29) is 18.3 Å².